The van der Waals surface area contributed by atoms with E-state index in [1.165, 1.54) is 0 Å². The van der Waals surface area contributed by atoms with Crippen molar-refractivity contribution in [2.24, 2.45) is 5.10 Å². The fourth-order valence-electron chi connectivity index (χ4n) is 2.26. The van der Waals surface area contributed by atoms with Crippen molar-refractivity contribution in [1.29, 1.82) is 0 Å². The van der Waals surface area contributed by atoms with E-state index in [9.17, 15) is 4.79 Å². The van der Waals surface area contributed by atoms with Crippen LogP contribution in [0.25, 0.3) is 0 Å². The Hall–Kier alpha value is -2.96. The van der Waals surface area contributed by atoms with Gasteiger partial charge in [-0.05, 0) is 52.0 Å². The van der Waals surface area contributed by atoms with Gasteiger partial charge in [-0.1, -0.05) is 0 Å². The van der Waals surface area contributed by atoms with Gasteiger partial charge >= 0.3 is 0 Å². The molecule has 0 aliphatic heterocycles. The second kappa shape index (κ2) is 9.50. The molecule has 2 aromatic rings. The largest absolute Gasteiger partial charge is 0.490 e. The summed E-state index contributed by atoms with van der Waals surface area (Å²) in [5.41, 5.74) is 3.43. The van der Waals surface area contributed by atoms with Crippen molar-refractivity contribution in [3.63, 3.8) is 0 Å². The van der Waals surface area contributed by atoms with Crippen molar-refractivity contribution in [3.05, 3.63) is 41.9 Å². The van der Waals surface area contributed by atoms with E-state index < -0.39 is 0 Å². The summed E-state index contributed by atoms with van der Waals surface area (Å²) in [6.45, 7) is 8.67. The minimum atomic E-state index is -0.388. The number of amides is 1. The topological polar surface area (TPSA) is 82.3 Å². The summed E-state index contributed by atoms with van der Waals surface area (Å²) >= 11 is 0. The van der Waals surface area contributed by atoms with Crippen molar-refractivity contribution in [2.75, 3.05) is 19.8 Å². The predicted octanol–water partition coefficient (Wildman–Crippen LogP) is 3.63. The highest BCUT2D eigenvalue weighted by Gasteiger charge is 2.18. The molecule has 7 heteroatoms. The molecular weight excluding hydrogens is 336 g/mol. The van der Waals surface area contributed by atoms with Gasteiger partial charge in [-0.25, -0.2) is 5.43 Å². The second-order valence-corrected chi connectivity index (χ2v) is 5.22. The molecule has 0 radical (unpaired) electrons. The summed E-state index contributed by atoms with van der Waals surface area (Å²) in [6.07, 6.45) is 1.55. The van der Waals surface area contributed by atoms with Crippen LogP contribution in [0, 0.1) is 0 Å². The van der Waals surface area contributed by atoms with Crippen molar-refractivity contribution in [3.8, 4) is 17.2 Å². The fraction of sp³-hybridized carbons (Fsp3) is 0.368. The van der Waals surface area contributed by atoms with Crippen molar-refractivity contribution in [2.45, 2.75) is 27.7 Å². The van der Waals surface area contributed by atoms with E-state index in [0.29, 0.717) is 54.1 Å². The number of hydrazone groups is 1. The molecule has 0 aliphatic carbocycles. The number of carbonyl (C=O) groups excluding carboxylic acids is 1. The van der Waals surface area contributed by atoms with E-state index in [4.69, 9.17) is 18.6 Å². The highest BCUT2D eigenvalue weighted by Crippen LogP contribution is 2.39. The van der Waals surface area contributed by atoms with Crippen LogP contribution in [0.15, 0.2) is 40.0 Å². The standard InChI is InChI=1S/C19H24N2O5/c1-5-23-16-11-14(12-17(24-6-2)18(16)25-7-3)19(22)21-20-13(4)15-9-8-10-26-15/h8-12H,5-7H2,1-4H3,(H,21,22)/b20-13+. The molecule has 2 rings (SSSR count). The third-order valence-corrected chi connectivity index (χ3v) is 3.37. The molecule has 0 bridgehead atoms. The smallest absolute Gasteiger partial charge is 0.271 e. The summed E-state index contributed by atoms with van der Waals surface area (Å²) in [5, 5.41) is 4.06. The first kappa shape index (κ1) is 19.4. The first-order valence-electron chi connectivity index (χ1n) is 8.55. The third-order valence-electron chi connectivity index (χ3n) is 3.37. The molecule has 0 fully saturated rings. The number of benzene rings is 1. The first-order valence-corrected chi connectivity index (χ1v) is 8.55. The average molecular weight is 360 g/mol. The number of hydrogen-bond acceptors (Lipinski definition) is 6. The zero-order valence-electron chi connectivity index (χ0n) is 15.5. The van der Waals surface area contributed by atoms with Crippen molar-refractivity contribution < 1.29 is 23.4 Å². The van der Waals surface area contributed by atoms with E-state index in [1.54, 1.807) is 37.5 Å². The molecule has 1 aromatic carbocycles. The minimum Gasteiger partial charge on any atom is -0.490 e. The van der Waals surface area contributed by atoms with Gasteiger partial charge in [0.15, 0.2) is 11.5 Å². The summed E-state index contributed by atoms with van der Waals surface area (Å²) < 4.78 is 22.1. The van der Waals surface area contributed by atoms with E-state index in [-0.39, 0.29) is 5.91 Å². The second-order valence-electron chi connectivity index (χ2n) is 5.22. The quantitative estimate of drug-likeness (QED) is 0.545. The van der Waals surface area contributed by atoms with Gasteiger partial charge in [0.05, 0.1) is 26.1 Å². The highest BCUT2D eigenvalue weighted by molar-refractivity contribution is 5.99. The Morgan fingerprint density at radius 1 is 1.08 bits per heavy atom. The van der Waals surface area contributed by atoms with Gasteiger partial charge in [0, 0.05) is 5.56 Å². The van der Waals surface area contributed by atoms with E-state index in [0.717, 1.165) is 0 Å². The lowest BCUT2D eigenvalue weighted by Crippen LogP contribution is -2.19. The molecular formula is C19H24N2O5. The minimum absolute atomic E-state index is 0.358. The zero-order chi connectivity index (χ0) is 18.9. The maximum Gasteiger partial charge on any atom is 0.271 e. The maximum atomic E-state index is 12.5. The molecule has 7 nitrogen and oxygen atoms in total. The Kier molecular flexibility index (Phi) is 7.08. The number of carbonyl (C=O) groups is 1. The number of rotatable bonds is 9. The molecule has 0 saturated carbocycles. The van der Waals surface area contributed by atoms with Gasteiger partial charge in [0.25, 0.3) is 5.91 Å². The Labute approximate surface area is 152 Å². The first-order chi connectivity index (χ1) is 12.6. The average Bonchev–Trinajstić information content (AvgIpc) is 3.17. The summed E-state index contributed by atoms with van der Waals surface area (Å²) in [6, 6.07) is 6.75. The molecule has 1 N–H and O–H groups in total. The summed E-state index contributed by atoms with van der Waals surface area (Å²) in [4.78, 5) is 12.5. The molecule has 0 saturated heterocycles. The summed E-state index contributed by atoms with van der Waals surface area (Å²) in [7, 11) is 0. The molecule has 0 atom stereocenters. The van der Waals surface area contributed by atoms with Gasteiger partial charge in [0.2, 0.25) is 5.75 Å². The van der Waals surface area contributed by atoms with Crippen LogP contribution in [-0.4, -0.2) is 31.4 Å². The van der Waals surface area contributed by atoms with Gasteiger partial charge in [-0.15, -0.1) is 0 Å². The Morgan fingerprint density at radius 3 is 2.19 bits per heavy atom. The number of hydrogen-bond donors (Lipinski definition) is 1. The fourth-order valence-corrected chi connectivity index (χ4v) is 2.26. The van der Waals surface area contributed by atoms with Crippen LogP contribution < -0.4 is 19.6 Å². The number of ether oxygens (including phenoxy) is 3. The zero-order valence-corrected chi connectivity index (χ0v) is 15.5. The van der Waals surface area contributed by atoms with E-state index >= 15 is 0 Å². The van der Waals surface area contributed by atoms with Crippen LogP contribution in [0.5, 0.6) is 17.2 Å². The molecule has 0 spiro atoms. The molecule has 140 valence electrons. The van der Waals surface area contributed by atoms with Gasteiger partial charge < -0.3 is 18.6 Å². The van der Waals surface area contributed by atoms with Crippen molar-refractivity contribution >= 4 is 11.6 Å². The van der Waals surface area contributed by atoms with E-state index in [1.807, 2.05) is 20.8 Å². The predicted molar refractivity (Wildman–Crippen MR) is 98.3 cm³/mol. The normalized spacial score (nSPS) is 11.2. The molecule has 26 heavy (non-hydrogen) atoms. The van der Waals surface area contributed by atoms with Crippen molar-refractivity contribution in [1.82, 2.24) is 5.43 Å². The van der Waals surface area contributed by atoms with Crippen LogP contribution in [0.4, 0.5) is 0 Å². The Morgan fingerprint density at radius 2 is 1.69 bits per heavy atom. The highest BCUT2D eigenvalue weighted by atomic mass is 16.5. The van der Waals surface area contributed by atoms with Crippen LogP contribution >= 0.6 is 0 Å². The van der Waals surface area contributed by atoms with Crippen LogP contribution in [0.1, 0.15) is 43.8 Å². The lowest BCUT2D eigenvalue weighted by atomic mass is 10.1. The van der Waals surface area contributed by atoms with Crippen LogP contribution in [0.2, 0.25) is 0 Å². The number of nitrogens with zero attached hydrogens (tertiary/aromatic N) is 1. The van der Waals surface area contributed by atoms with Crippen LogP contribution in [0.3, 0.4) is 0 Å². The third kappa shape index (κ3) is 4.78. The maximum absolute atomic E-state index is 12.5. The molecule has 1 amide bonds. The Balaban J connectivity index is 2.29. The monoisotopic (exact) mass is 360 g/mol. The van der Waals surface area contributed by atoms with Gasteiger partial charge in [0.1, 0.15) is 11.5 Å². The SMILES string of the molecule is CCOc1cc(C(=O)N/N=C(\C)c2ccco2)cc(OCC)c1OCC. The number of nitrogens with one attached hydrogen (secondary N) is 1. The Bertz CT molecular complexity index is 726. The van der Waals surface area contributed by atoms with Gasteiger partial charge in [-0.2, -0.15) is 5.10 Å². The van der Waals surface area contributed by atoms with Gasteiger partial charge in [-0.3, -0.25) is 4.79 Å². The van der Waals surface area contributed by atoms with Crippen LogP contribution in [-0.2, 0) is 0 Å². The van der Waals surface area contributed by atoms with E-state index in [2.05, 4.69) is 10.5 Å². The molecule has 0 unspecified atom stereocenters. The number of furan rings is 1. The molecule has 1 heterocycles. The molecule has 0 aliphatic rings. The molecule has 1 aromatic heterocycles. The lowest BCUT2D eigenvalue weighted by molar-refractivity contribution is 0.0953. The lowest BCUT2D eigenvalue weighted by Gasteiger charge is -2.16. The summed E-state index contributed by atoms with van der Waals surface area (Å²) in [5.74, 6) is 1.60.